The van der Waals surface area contributed by atoms with E-state index in [0.717, 1.165) is 6.54 Å². The molecule has 8 heavy (non-hydrogen) atoms. The smallest absolute Gasteiger partial charge is 0.251 e. The molecule has 0 aromatic carbocycles. The Balaban J connectivity index is 3.91. The standard InChI is InChI=1S/C5H11ClNO/c1-4-7(2,3)5(6)8/h4H2,1-3H3/q+1. The summed E-state index contributed by atoms with van der Waals surface area (Å²) < 4.78 is 0.252. The van der Waals surface area contributed by atoms with Gasteiger partial charge in [-0.1, -0.05) is 0 Å². The summed E-state index contributed by atoms with van der Waals surface area (Å²) in [6.45, 7) is 2.66. The summed E-state index contributed by atoms with van der Waals surface area (Å²) in [5.74, 6) is 0. The van der Waals surface area contributed by atoms with Crippen LogP contribution in [0, 0.1) is 0 Å². The van der Waals surface area contributed by atoms with Crippen molar-refractivity contribution in [3.63, 3.8) is 0 Å². The number of carbonyl (C=O) groups is 1. The van der Waals surface area contributed by atoms with Gasteiger partial charge in [0.15, 0.2) is 0 Å². The number of rotatable bonds is 1. The molecular formula is C5H11ClNO+. The van der Waals surface area contributed by atoms with Gasteiger partial charge in [-0.15, -0.1) is 0 Å². The van der Waals surface area contributed by atoms with Crippen LogP contribution in [0.4, 0.5) is 4.79 Å². The van der Waals surface area contributed by atoms with E-state index < -0.39 is 0 Å². The molecule has 0 radical (unpaired) electrons. The second-order valence-electron chi connectivity index (χ2n) is 2.25. The zero-order valence-corrected chi connectivity index (χ0v) is 6.20. The highest BCUT2D eigenvalue weighted by Gasteiger charge is 2.20. The number of carbonyl (C=O) groups excluding carboxylic acids is 1. The van der Waals surface area contributed by atoms with Crippen LogP contribution in [0.3, 0.4) is 0 Å². The lowest BCUT2D eigenvalue weighted by atomic mass is 10.6. The largest absolute Gasteiger partial charge is 0.411 e. The molecule has 0 aliphatic carbocycles. The molecule has 2 nitrogen and oxygen atoms in total. The Kier molecular flexibility index (Phi) is 2.44. The highest BCUT2D eigenvalue weighted by molar-refractivity contribution is 6.60. The summed E-state index contributed by atoms with van der Waals surface area (Å²) in [6.07, 6.45) is 0. The Labute approximate surface area is 54.6 Å². The van der Waals surface area contributed by atoms with Crippen molar-refractivity contribution in [1.29, 1.82) is 0 Å². The van der Waals surface area contributed by atoms with Crippen LogP contribution in [0.25, 0.3) is 0 Å². The van der Waals surface area contributed by atoms with Crippen molar-refractivity contribution < 1.29 is 9.28 Å². The van der Waals surface area contributed by atoms with Gasteiger partial charge in [-0.2, -0.15) is 0 Å². The normalized spacial score (nSPS) is 11.5. The Morgan fingerprint density at radius 3 is 2.00 bits per heavy atom. The molecule has 0 rings (SSSR count). The van der Waals surface area contributed by atoms with Crippen molar-refractivity contribution in [2.24, 2.45) is 0 Å². The molecule has 0 atom stereocenters. The second kappa shape index (κ2) is 2.46. The van der Waals surface area contributed by atoms with E-state index in [2.05, 4.69) is 0 Å². The first-order valence-corrected chi connectivity index (χ1v) is 2.91. The molecule has 0 heterocycles. The number of hydrogen-bond acceptors (Lipinski definition) is 1. The summed E-state index contributed by atoms with van der Waals surface area (Å²) in [5, 5.41) is -0.312. The lowest BCUT2D eigenvalue weighted by Crippen LogP contribution is -2.41. The van der Waals surface area contributed by atoms with Crippen LogP contribution in [0.5, 0.6) is 0 Å². The summed E-state index contributed by atoms with van der Waals surface area (Å²) in [6, 6.07) is 0. The molecule has 0 saturated heterocycles. The molecule has 48 valence electrons. The molecule has 0 unspecified atom stereocenters. The average molecular weight is 137 g/mol. The number of halogens is 1. The van der Waals surface area contributed by atoms with E-state index in [4.69, 9.17) is 11.6 Å². The summed E-state index contributed by atoms with van der Waals surface area (Å²) in [4.78, 5) is 10.4. The van der Waals surface area contributed by atoms with Gasteiger partial charge in [-0.05, 0) is 6.92 Å². The Morgan fingerprint density at radius 1 is 1.62 bits per heavy atom. The molecular weight excluding hydrogens is 126 g/mol. The number of quaternary nitrogens is 1. The molecule has 0 saturated carbocycles. The summed E-state index contributed by atoms with van der Waals surface area (Å²) >= 11 is 5.20. The first kappa shape index (κ1) is 7.92. The van der Waals surface area contributed by atoms with Gasteiger partial charge < -0.3 is 0 Å². The SMILES string of the molecule is CC[N+](C)(C)C(=O)Cl. The topological polar surface area (TPSA) is 17.1 Å². The molecule has 0 bridgehead atoms. The number of nitrogens with zero attached hydrogens (tertiary/aromatic N) is 1. The Morgan fingerprint density at radius 2 is 2.00 bits per heavy atom. The molecule has 1 amide bonds. The minimum Gasteiger partial charge on any atom is -0.251 e. The minimum atomic E-state index is -0.312. The fourth-order valence-corrected chi connectivity index (χ4v) is 0.244. The summed E-state index contributed by atoms with van der Waals surface area (Å²) in [7, 11) is 3.55. The van der Waals surface area contributed by atoms with Gasteiger partial charge in [0.25, 0.3) is 0 Å². The van der Waals surface area contributed by atoms with Crippen molar-refractivity contribution in [2.75, 3.05) is 20.6 Å². The second-order valence-corrected chi connectivity index (χ2v) is 2.58. The quantitative estimate of drug-likeness (QED) is 0.303. The van der Waals surface area contributed by atoms with E-state index in [1.807, 2.05) is 6.92 Å². The van der Waals surface area contributed by atoms with Gasteiger partial charge in [0, 0.05) is 11.6 Å². The van der Waals surface area contributed by atoms with Crippen molar-refractivity contribution in [1.82, 2.24) is 0 Å². The maximum Gasteiger partial charge on any atom is 0.411 e. The van der Waals surface area contributed by atoms with Gasteiger partial charge >= 0.3 is 5.37 Å². The zero-order chi connectivity index (χ0) is 6.78. The predicted octanol–water partition coefficient (Wildman–Crippen LogP) is 1.44. The third-order valence-corrected chi connectivity index (χ3v) is 1.72. The molecule has 0 spiro atoms. The van der Waals surface area contributed by atoms with Crippen LogP contribution in [0.15, 0.2) is 0 Å². The van der Waals surface area contributed by atoms with Crippen LogP contribution < -0.4 is 0 Å². The third-order valence-electron chi connectivity index (χ3n) is 1.27. The van der Waals surface area contributed by atoms with Crippen molar-refractivity contribution in [2.45, 2.75) is 6.92 Å². The van der Waals surface area contributed by atoms with Gasteiger partial charge in [-0.3, -0.25) is 4.48 Å². The van der Waals surface area contributed by atoms with Crippen LogP contribution in [-0.4, -0.2) is 30.5 Å². The molecule has 0 fully saturated rings. The van der Waals surface area contributed by atoms with E-state index >= 15 is 0 Å². The Hall–Kier alpha value is -0.0800. The van der Waals surface area contributed by atoms with E-state index in [1.54, 1.807) is 14.1 Å². The first-order chi connectivity index (χ1) is 3.50. The minimum absolute atomic E-state index is 0.252. The predicted molar refractivity (Wildman–Crippen MR) is 33.9 cm³/mol. The molecule has 0 aromatic rings. The van der Waals surface area contributed by atoms with E-state index in [1.165, 1.54) is 0 Å². The van der Waals surface area contributed by atoms with Gasteiger partial charge in [0.1, 0.15) is 0 Å². The number of hydrogen-bond donors (Lipinski definition) is 0. The van der Waals surface area contributed by atoms with Gasteiger partial charge in [0.05, 0.1) is 20.6 Å². The third kappa shape index (κ3) is 1.80. The zero-order valence-electron chi connectivity index (χ0n) is 5.44. The highest BCUT2D eigenvalue weighted by atomic mass is 35.5. The fourth-order valence-electron chi connectivity index (χ4n) is 0.124. The lowest BCUT2D eigenvalue weighted by molar-refractivity contribution is -0.800. The van der Waals surface area contributed by atoms with E-state index in [9.17, 15) is 4.79 Å². The van der Waals surface area contributed by atoms with Gasteiger partial charge in [0.2, 0.25) is 0 Å². The maximum absolute atomic E-state index is 10.4. The Bertz CT molecular complexity index is 101. The van der Waals surface area contributed by atoms with Crippen molar-refractivity contribution in [3.05, 3.63) is 0 Å². The molecule has 0 aliphatic rings. The monoisotopic (exact) mass is 136 g/mol. The van der Waals surface area contributed by atoms with Gasteiger partial charge in [-0.25, -0.2) is 4.79 Å². The van der Waals surface area contributed by atoms with E-state index in [-0.39, 0.29) is 9.85 Å². The average Bonchev–Trinajstić information content (AvgIpc) is 1.67. The fraction of sp³-hybridized carbons (Fsp3) is 0.800. The van der Waals surface area contributed by atoms with Crippen LogP contribution in [-0.2, 0) is 0 Å². The summed E-state index contributed by atoms with van der Waals surface area (Å²) in [5.41, 5.74) is 0. The molecule has 0 aromatic heterocycles. The lowest BCUT2D eigenvalue weighted by Gasteiger charge is -2.20. The van der Waals surface area contributed by atoms with Crippen LogP contribution in [0.2, 0.25) is 0 Å². The maximum atomic E-state index is 10.4. The molecule has 0 aliphatic heterocycles. The van der Waals surface area contributed by atoms with Crippen molar-refractivity contribution in [3.8, 4) is 0 Å². The van der Waals surface area contributed by atoms with E-state index in [0.29, 0.717) is 0 Å². The van der Waals surface area contributed by atoms with Crippen LogP contribution >= 0.6 is 11.6 Å². The number of amides is 1. The molecule has 3 heteroatoms. The highest BCUT2D eigenvalue weighted by Crippen LogP contribution is 2.01. The van der Waals surface area contributed by atoms with Crippen molar-refractivity contribution >= 4 is 17.0 Å². The first-order valence-electron chi connectivity index (χ1n) is 2.53. The van der Waals surface area contributed by atoms with Crippen LogP contribution in [0.1, 0.15) is 6.92 Å². The molecule has 0 N–H and O–H groups in total.